The van der Waals surface area contributed by atoms with Gasteiger partial charge in [0.1, 0.15) is 11.9 Å². The van der Waals surface area contributed by atoms with E-state index in [1.807, 2.05) is 63.4 Å². The van der Waals surface area contributed by atoms with Crippen molar-refractivity contribution in [3.63, 3.8) is 0 Å². The molecule has 2 aliphatic rings. The zero-order chi connectivity index (χ0) is 29.7. The first kappa shape index (κ1) is 30.9. The van der Waals surface area contributed by atoms with Gasteiger partial charge in [0, 0.05) is 54.7 Å². The molecule has 1 aromatic carbocycles. The van der Waals surface area contributed by atoms with E-state index in [0.717, 1.165) is 36.2 Å². The van der Waals surface area contributed by atoms with Crippen molar-refractivity contribution in [3.05, 3.63) is 47.8 Å². The molecule has 0 radical (unpaired) electrons. The van der Waals surface area contributed by atoms with Crippen molar-refractivity contribution in [1.82, 2.24) is 14.7 Å². The van der Waals surface area contributed by atoms with Crippen LogP contribution in [-0.2, 0) is 14.3 Å². The number of β-amino-alcohol motifs (C(OH)–C–C–N with tert-alkyl or cyclic N) is 1. The minimum atomic E-state index is -0.745. The summed E-state index contributed by atoms with van der Waals surface area (Å²) in [6.45, 7) is 8.08. The molecule has 4 N–H and O–H groups in total. The lowest BCUT2D eigenvalue weighted by molar-refractivity contribution is -0.148. The Morgan fingerprint density at radius 3 is 2.56 bits per heavy atom. The molecular formula is C32H46N4O5. The van der Waals surface area contributed by atoms with Gasteiger partial charge >= 0.3 is 5.97 Å². The van der Waals surface area contributed by atoms with Crippen molar-refractivity contribution < 1.29 is 24.5 Å². The van der Waals surface area contributed by atoms with E-state index in [1.165, 1.54) is 0 Å². The van der Waals surface area contributed by atoms with Gasteiger partial charge in [-0.3, -0.25) is 14.5 Å². The second kappa shape index (κ2) is 13.3. The number of Topliss-reactive ketones (excluding diaryl/α,β-unsaturated/α-hetero) is 1. The Kier molecular flexibility index (Phi) is 10.0. The minimum Gasteiger partial charge on any atom is -0.458 e. The molecule has 3 heterocycles. The van der Waals surface area contributed by atoms with E-state index in [4.69, 9.17) is 10.5 Å². The van der Waals surface area contributed by atoms with Crippen LogP contribution in [0.15, 0.2) is 42.1 Å². The molecule has 2 aliphatic heterocycles. The normalized spacial score (nSPS) is 30.0. The number of rotatable bonds is 5. The van der Waals surface area contributed by atoms with Crippen LogP contribution in [-0.4, -0.2) is 74.1 Å². The number of aliphatic hydroxyl groups excluding tert-OH is 2. The van der Waals surface area contributed by atoms with Crippen molar-refractivity contribution in [3.8, 4) is 5.69 Å². The van der Waals surface area contributed by atoms with E-state index < -0.39 is 23.5 Å². The quantitative estimate of drug-likeness (QED) is 0.280. The molecular weight excluding hydrogens is 520 g/mol. The highest BCUT2D eigenvalue weighted by atomic mass is 16.5. The van der Waals surface area contributed by atoms with E-state index >= 15 is 0 Å². The first-order chi connectivity index (χ1) is 19.5. The Bertz CT molecular complexity index is 1220. The number of cyclic esters (lactones) is 1. The fourth-order valence-corrected chi connectivity index (χ4v) is 6.05. The lowest BCUT2D eigenvalue weighted by atomic mass is 9.76. The largest absolute Gasteiger partial charge is 0.458 e. The van der Waals surface area contributed by atoms with Gasteiger partial charge in [-0.2, -0.15) is 5.10 Å². The third kappa shape index (κ3) is 7.84. The van der Waals surface area contributed by atoms with E-state index in [-0.39, 0.29) is 30.8 Å². The highest BCUT2D eigenvalue weighted by Crippen LogP contribution is 2.38. The van der Waals surface area contributed by atoms with Crippen molar-refractivity contribution in [2.45, 2.75) is 96.9 Å². The molecule has 2 saturated heterocycles. The van der Waals surface area contributed by atoms with E-state index in [9.17, 15) is 19.8 Å². The number of benzene rings is 1. The molecule has 0 bridgehead atoms. The molecule has 9 nitrogen and oxygen atoms in total. The summed E-state index contributed by atoms with van der Waals surface area (Å²) in [4.78, 5) is 28.6. The van der Waals surface area contributed by atoms with Gasteiger partial charge in [0.25, 0.3) is 0 Å². The standard InChI is InChI=1S/C32H46N4O5/c1-21(19-24-14-16-36(34-24)25-11-9-23(33)10-12-25)29-20-27-26(35(27)17-18-37)7-5-6-8-28(38)22(2)31(40)32(3,4)15-13-30(39)41-29/h9-12,14,16,19,22,26-29,37-38H,5-8,13,15,17-18,20,33H2,1-4H3/b21-19+/t22-,26?,27?,28?,29?,35?/m1/s1. The fourth-order valence-electron chi connectivity index (χ4n) is 6.05. The van der Waals surface area contributed by atoms with Crippen LogP contribution in [0.2, 0.25) is 0 Å². The average Bonchev–Trinajstić information content (AvgIpc) is 3.34. The number of hydrogen-bond acceptors (Lipinski definition) is 8. The van der Waals surface area contributed by atoms with Crippen LogP contribution >= 0.6 is 0 Å². The fraction of sp³-hybridized carbons (Fsp3) is 0.594. The molecule has 0 aliphatic carbocycles. The first-order valence-electron chi connectivity index (χ1n) is 14.9. The van der Waals surface area contributed by atoms with Crippen LogP contribution < -0.4 is 5.73 Å². The number of carbonyl (C=O) groups excluding carboxylic acids is 2. The zero-order valence-corrected chi connectivity index (χ0v) is 24.8. The summed E-state index contributed by atoms with van der Waals surface area (Å²) in [5, 5.41) is 25.0. The monoisotopic (exact) mass is 566 g/mol. The van der Waals surface area contributed by atoms with Crippen LogP contribution in [0.1, 0.15) is 78.3 Å². The number of ether oxygens (including phenoxy) is 1. The highest BCUT2D eigenvalue weighted by molar-refractivity contribution is 5.87. The van der Waals surface area contributed by atoms with Crippen LogP contribution in [0.25, 0.3) is 11.8 Å². The van der Waals surface area contributed by atoms with E-state index in [2.05, 4.69) is 10.00 Å². The minimum absolute atomic E-state index is 0.0226. The Balaban J connectivity index is 1.55. The number of anilines is 1. The molecule has 0 amide bonds. The average molecular weight is 567 g/mol. The molecule has 41 heavy (non-hydrogen) atoms. The Labute approximate surface area is 243 Å². The number of nitrogen functional groups attached to an aromatic ring is 1. The number of nitrogens with two attached hydrogens (primary N) is 1. The van der Waals surface area contributed by atoms with Crippen LogP contribution in [0.5, 0.6) is 0 Å². The van der Waals surface area contributed by atoms with Crippen LogP contribution in [0, 0.1) is 11.3 Å². The maximum atomic E-state index is 13.2. The summed E-state index contributed by atoms with van der Waals surface area (Å²) in [5.74, 6) is -0.854. The third-order valence-corrected chi connectivity index (χ3v) is 8.81. The maximum Gasteiger partial charge on any atom is 0.306 e. The summed E-state index contributed by atoms with van der Waals surface area (Å²) in [7, 11) is 0. The van der Waals surface area contributed by atoms with Crippen molar-refractivity contribution >= 4 is 23.5 Å². The number of nitrogens with zero attached hydrogens (tertiary/aromatic N) is 3. The third-order valence-electron chi connectivity index (χ3n) is 8.81. The number of aliphatic hydroxyl groups is 2. The maximum absolute atomic E-state index is 13.2. The van der Waals surface area contributed by atoms with E-state index in [0.29, 0.717) is 37.5 Å². The van der Waals surface area contributed by atoms with Gasteiger partial charge in [0.15, 0.2) is 0 Å². The smallest absolute Gasteiger partial charge is 0.306 e. The summed E-state index contributed by atoms with van der Waals surface area (Å²) in [5.41, 5.74) is 8.30. The van der Waals surface area contributed by atoms with Gasteiger partial charge in [-0.05, 0) is 68.2 Å². The molecule has 5 unspecified atom stereocenters. The predicted molar refractivity (Wildman–Crippen MR) is 159 cm³/mol. The summed E-state index contributed by atoms with van der Waals surface area (Å²) >= 11 is 0. The van der Waals surface area contributed by atoms with Crippen molar-refractivity contribution in [2.24, 2.45) is 11.3 Å². The van der Waals surface area contributed by atoms with Gasteiger partial charge in [0.2, 0.25) is 0 Å². The van der Waals surface area contributed by atoms with Crippen molar-refractivity contribution in [1.29, 1.82) is 0 Å². The molecule has 9 heteroatoms. The number of fused-ring (bicyclic) bond motifs is 1. The number of esters is 1. The summed E-state index contributed by atoms with van der Waals surface area (Å²) in [6.07, 6.45) is 7.06. The summed E-state index contributed by atoms with van der Waals surface area (Å²) in [6, 6.07) is 9.88. The topological polar surface area (TPSA) is 131 Å². The molecule has 6 atom stereocenters. The number of hydrogen-bond donors (Lipinski definition) is 3. The first-order valence-corrected chi connectivity index (χ1v) is 14.9. The zero-order valence-electron chi connectivity index (χ0n) is 24.8. The van der Waals surface area contributed by atoms with Crippen LogP contribution in [0.3, 0.4) is 0 Å². The Morgan fingerprint density at radius 2 is 1.85 bits per heavy atom. The lowest BCUT2D eigenvalue weighted by Crippen LogP contribution is -2.36. The number of carbonyl (C=O) groups is 2. The molecule has 224 valence electrons. The van der Waals surface area contributed by atoms with Gasteiger partial charge in [0.05, 0.1) is 24.1 Å². The molecule has 2 fully saturated rings. The van der Waals surface area contributed by atoms with Gasteiger partial charge in [-0.25, -0.2) is 4.68 Å². The van der Waals surface area contributed by atoms with Gasteiger partial charge in [-0.15, -0.1) is 0 Å². The van der Waals surface area contributed by atoms with Gasteiger partial charge < -0.3 is 20.7 Å². The van der Waals surface area contributed by atoms with Crippen LogP contribution in [0.4, 0.5) is 5.69 Å². The second-order valence-electron chi connectivity index (χ2n) is 12.4. The van der Waals surface area contributed by atoms with Gasteiger partial charge in [-0.1, -0.05) is 33.6 Å². The summed E-state index contributed by atoms with van der Waals surface area (Å²) < 4.78 is 7.86. The molecule has 1 aromatic heterocycles. The molecule has 0 spiro atoms. The lowest BCUT2D eigenvalue weighted by Gasteiger charge is -2.29. The van der Waals surface area contributed by atoms with E-state index in [1.54, 1.807) is 11.6 Å². The predicted octanol–water partition coefficient (Wildman–Crippen LogP) is 4.15. The Hall–Kier alpha value is -3.01. The molecule has 2 aromatic rings. The molecule has 0 saturated carbocycles. The number of ketones is 1. The SMILES string of the molecule is C/C(=C\c1ccn(-c2ccc(N)cc2)n1)C1CC2C(CCCCC(O)[C@@H](C)C(=O)C(C)(C)CCC(=O)O1)N2CCO. The molecule has 4 rings (SSSR count). The highest BCUT2D eigenvalue weighted by Gasteiger charge is 2.47. The second-order valence-corrected chi connectivity index (χ2v) is 12.4. The Morgan fingerprint density at radius 1 is 1.15 bits per heavy atom. The number of aromatic nitrogens is 2. The van der Waals surface area contributed by atoms with Crippen molar-refractivity contribution in [2.75, 3.05) is 18.9 Å².